The Morgan fingerprint density at radius 1 is 1.15 bits per heavy atom. The number of carbonyl (C=O) groups excluding carboxylic acids is 1. The van der Waals surface area contributed by atoms with Crippen LogP contribution in [-0.4, -0.2) is 62.6 Å². The number of rotatable bonds is 5. The van der Waals surface area contributed by atoms with Crippen LogP contribution in [0.15, 0.2) is 0 Å². The summed E-state index contributed by atoms with van der Waals surface area (Å²) < 4.78 is 11.8. The maximum absolute atomic E-state index is 11.8. The number of halogens is 1. The molecule has 0 amide bonds. The van der Waals surface area contributed by atoms with Crippen molar-refractivity contribution in [3.05, 3.63) is 0 Å². The van der Waals surface area contributed by atoms with Crippen LogP contribution in [0.5, 0.6) is 0 Å². The van der Waals surface area contributed by atoms with Crippen molar-refractivity contribution in [1.82, 2.24) is 0 Å². The van der Waals surface area contributed by atoms with Crippen molar-refractivity contribution in [2.45, 2.75) is 24.4 Å². The molecule has 0 aliphatic rings. The van der Waals surface area contributed by atoms with Crippen LogP contribution in [-0.2, 0) is 4.79 Å². The topological polar surface area (TPSA) is 118 Å². The first-order valence-corrected chi connectivity index (χ1v) is 3.44. The van der Waals surface area contributed by atoms with Crippen LogP contribution in [0.1, 0.15) is 0 Å². The minimum Gasteiger partial charge on any atom is -0.394 e. The van der Waals surface area contributed by atoms with Gasteiger partial charge in [-0.05, 0) is 0 Å². The highest BCUT2D eigenvalue weighted by atomic mass is 19.1. The Morgan fingerprint density at radius 2 is 1.62 bits per heavy atom. The largest absolute Gasteiger partial charge is 0.394 e. The Bertz CT molecular complexity index is 175. The highest BCUT2D eigenvalue weighted by molar-refractivity contribution is 5.73. The summed E-state index contributed by atoms with van der Waals surface area (Å²) in [6.45, 7) is -0.884. The molecule has 0 heterocycles. The molecule has 0 spiro atoms. The summed E-state index contributed by atoms with van der Waals surface area (Å²) in [4.78, 5) is 9.87. The molecule has 0 saturated heterocycles. The molecule has 5 N–H and O–H groups in total. The Hall–Kier alpha value is -0.600. The molecule has 0 aliphatic heterocycles. The normalized spacial score (nSPS) is 20.5. The quantitative estimate of drug-likeness (QED) is 0.299. The van der Waals surface area contributed by atoms with Crippen LogP contribution < -0.4 is 0 Å². The maximum atomic E-state index is 11.8. The van der Waals surface area contributed by atoms with Gasteiger partial charge in [0.25, 0.3) is 0 Å². The van der Waals surface area contributed by atoms with Gasteiger partial charge in [-0.15, -0.1) is 0 Å². The first-order chi connectivity index (χ1) is 5.91. The highest BCUT2D eigenvalue weighted by Gasteiger charge is 2.34. The van der Waals surface area contributed by atoms with Crippen LogP contribution in [0.2, 0.25) is 0 Å². The average Bonchev–Trinajstić information content (AvgIpc) is 2.12. The molecule has 7 heteroatoms. The number of carbonyl (C=O) groups is 1. The average molecular weight is 198 g/mol. The second-order valence-corrected chi connectivity index (χ2v) is 2.48. The number of aliphatic hydroxyl groups excluding tert-OH is 5. The van der Waals surface area contributed by atoms with Crippen molar-refractivity contribution >= 4 is 6.04 Å². The van der Waals surface area contributed by atoms with E-state index >= 15 is 0 Å². The monoisotopic (exact) mass is 198 g/mol. The smallest absolute Gasteiger partial charge is 0.332 e. The zero-order valence-corrected chi connectivity index (χ0v) is 6.54. The molecule has 0 aromatic rings. The number of aliphatic hydroxyl groups is 5. The van der Waals surface area contributed by atoms with Gasteiger partial charge in [0.05, 0.1) is 6.61 Å². The molecule has 0 unspecified atom stereocenters. The Labute approximate surface area is 72.9 Å². The van der Waals surface area contributed by atoms with Gasteiger partial charge in [0.15, 0.2) is 6.10 Å². The van der Waals surface area contributed by atoms with E-state index in [2.05, 4.69) is 0 Å². The summed E-state index contributed by atoms with van der Waals surface area (Å²) in [5, 5.41) is 43.3. The minimum atomic E-state index is -2.42. The van der Waals surface area contributed by atoms with Crippen LogP contribution in [0, 0.1) is 0 Å². The first-order valence-electron chi connectivity index (χ1n) is 3.44. The van der Waals surface area contributed by atoms with Gasteiger partial charge in [0, 0.05) is 0 Å². The van der Waals surface area contributed by atoms with Gasteiger partial charge in [-0.25, -0.2) is 0 Å². The molecule has 78 valence electrons. The lowest BCUT2D eigenvalue weighted by molar-refractivity contribution is -0.156. The second-order valence-electron chi connectivity index (χ2n) is 2.48. The predicted octanol–water partition coefficient (Wildman–Crippen LogP) is -3.08. The van der Waals surface area contributed by atoms with Crippen molar-refractivity contribution in [2.24, 2.45) is 0 Å². The van der Waals surface area contributed by atoms with Crippen molar-refractivity contribution in [3.8, 4) is 0 Å². The molecular formula is C6H11FO6. The summed E-state index contributed by atoms with van der Waals surface area (Å²) >= 11 is 0. The van der Waals surface area contributed by atoms with Gasteiger partial charge < -0.3 is 25.5 Å². The Balaban J connectivity index is 4.24. The van der Waals surface area contributed by atoms with Gasteiger partial charge in [0.1, 0.15) is 18.3 Å². The molecule has 0 aliphatic carbocycles. The third-order valence-electron chi connectivity index (χ3n) is 1.49. The van der Waals surface area contributed by atoms with Gasteiger partial charge in [-0.2, -0.15) is 4.39 Å². The first kappa shape index (κ1) is 12.4. The third kappa shape index (κ3) is 3.33. The SMILES string of the molecule is O=C(F)[C@@H](O)[C@@H](O)[C@H](O)[C@H](O)CO. The molecule has 0 rings (SSSR count). The molecule has 0 aromatic heterocycles. The summed E-state index contributed by atoms with van der Waals surface area (Å²) in [6, 6.07) is -2.23. The van der Waals surface area contributed by atoms with Crippen molar-refractivity contribution in [3.63, 3.8) is 0 Å². The van der Waals surface area contributed by atoms with E-state index in [1.165, 1.54) is 0 Å². The van der Waals surface area contributed by atoms with E-state index in [1.807, 2.05) is 0 Å². The summed E-state index contributed by atoms with van der Waals surface area (Å²) in [5.74, 6) is 0. The van der Waals surface area contributed by atoms with Gasteiger partial charge in [-0.3, -0.25) is 4.79 Å². The van der Waals surface area contributed by atoms with Gasteiger partial charge >= 0.3 is 6.04 Å². The van der Waals surface area contributed by atoms with Crippen LogP contribution in [0.25, 0.3) is 0 Å². The van der Waals surface area contributed by atoms with Crippen LogP contribution in [0.3, 0.4) is 0 Å². The molecule has 0 aromatic carbocycles. The lowest BCUT2D eigenvalue weighted by atomic mass is 10.0. The maximum Gasteiger partial charge on any atom is 0.332 e. The van der Waals surface area contributed by atoms with Crippen molar-refractivity contribution in [1.29, 1.82) is 0 Å². The van der Waals surface area contributed by atoms with Crippen molar-refractivity contribution in [2.75, 3.05) is 6.61 Å². The van der Waals surface area contributed by atoms with Crippen molar-refractivity contribution < 1.29 is 34.7 Å². The van der Waals surface area contributed by atoms with Gasteiger partial charge in [-0.1, -0.05) is 0 Å². The fraction of sp³-hybridized carbons (Fsp3) is 0.833. The summed E-state index contributed by atoms with van der Waals surface area (Å²) in [7, 11) is 0. The van der Waals surface area contributed by atoms with E-state index in [0.29, 0.717) is 0 Å². The zero-order valence-electron chi connectivity index (χ0n) is 6.54. The Morgan fingerprint density at radius 3 is 1.92 bits per heavy atom. The van der Waals surface area contributed by atoms with Crippen LogP contribution in [0.4, 0.5) is 4.39 Å². The predicted molar refractivity (Wildman–Crippen MR) is 37.2 cm³/mol. The Kier molecular flexibility index (Phi) is 4.96. The molecule has 13 heavy (non-hydrogen) atoms. The van der Waals surface area contributed by atoms with Gasteiger partial charge in [0.2, 0.25) is 0 Å². The minimum absolute atomic E-state index is 0.884. The summed E-state index contributed by atoms with van der Waals surface area (Å²) in [6.07, 6.45) is -8.32. The lowest BCUT2D eigenvalue weighted by Crippen LogP contribution is -2.47. The molecule has 0 bridgehead atoms. The molecule has 0 fully saturated rings. The zero-order chi connectivity index (χ0) is 10.6. The van der Waals surface area contributed by atoms with E-state index in [4.69, 9.17) is 25.5 Å². The van der Waals surface area contributed by atoms with E-state index in [0.717, 1.165) is 0 Å². The summed E-state index contributed by atoms with van der Waals surface area (Å²) in [5.41, 5.74) is 0. The van der Waals surface area contributed by atoms with E-state index < -0.39 is 37.1 Å². The number of hydrogen-bond acceptors (Lipinski definition) is 6. The second kappa shape index (κ2) is 5.20. The number of hydrogen-bond donors (Lipinski definition) is 5. The fourth-order valence-electron chi connectivity index (χ4n) is 0.657. The lowest BCUT2D eigenvalue weighted by Gasteiger charge is -2.22. The fourth-order valence-corrected chi connectivity index (χ4v) is 0.657. The highest BCUT2D eigenvalue weighted by Crippen LogP contribution is 2.06. The molecule has 0 saturated carbocycles. The molecular weight excluding hydrogens is 187 g/mol. The molecule has 0 radical (unpaired) electrons. The standard InChI is InChI=1S/C6H11FO6/c7-6(13)5(12)4(11)3(10)2(9)1-8/h2-5,8-12H,1H2/t2-,3-,4+,5+/m1/s1. The van der Waals surface area contributed by atoms with E-state index in [-0.39, 0.29) is 0 Å². The third-order valence-corrected chi connectivity index (χ3v) is 1.49. The van der Waals surface area contributed by atoms with E-state index in [1.54, 1.807) is 0 Å². The van der Waals surface area contributed by atoms with E-state index in [9.17, 15) is 9.18 Å². The molecule has 4 atom stereocenters. The van der Waals surface area contributed by atoms with Crippen LogP contribution >= 0.6 is 0 Å². The molecule has 6 nitrogen and oxygen atoms in total.